The number of nitrogens with one attached hydrogen (secondary N) is 1. The fourth-order valence-corrected chi connectivity index (χ4v) is 3.55. The Kier molecular flexibility index (Phi) is 7.12. The van der Waals surface area contributed by atoms with Gasteiger partial charge in [-0.2, -0.15) is 0 Å². The molecule has 1 amide bonds. The fraction of sp³-hybridized carbons (Fsp3) is 0.941. The molecule has 0 saturated carbocycles. The van der Waals surface area contributed by atoms with Crippen molar-refractivity contribution < 1.29 is 4.79 Å². The number of carbonyl (C=O) groups is 1. The van der Waals surface area contributed by atoms with Crippen molar-refractivity contribution in [2.45, 2.75) is 39.7 Å². The Morgan fingerprint density at radius 1 is 1.00 bits per heavy atom. The number of hydrogen-bond acceptors (Lipinski definition) is 4. The second kappa shape index (κ2) is 8.85. The largest absolute Gasteiger partial charge is 0.353 e. The van der Waals surface area contributed by atoms with Crippen molar-refractivity contribution in [2.24, 2.45) is 5.92 Å². The molecule has 22 heavy (non-hydrogen) atoms. The first kappa shape index (κ1) is 17.7. The molecule has 5 heteroatoms. The summed E-state index contributed by atoms with van der Waals surface area (Å²) in [4.78, 5) is 19.3. The van der Waals surface area contributed by atoms with Crippen LogP contribution in [-0.4, -0.2) is 85.6 Å². The van der Waals surface area contributed by atoms with E-state index >= 15 is 0 Å². The summed E-state index contributed by atoms with van der Waals surface area (Å²) in [7, 11) is 0. The van der Waals surface area contributed by atoms with E-state index in [-0.39, 0.29) is 11.9 Å². The highest BCUT2D eigenvalue weighted by molar-refractivity contribution is 5.78. The Morgan fingerprint density at radius 2 is 1.59 bits per heavy atom. The van der Waals surface area contributed by atoms with Gasteiger partial charge in [0.25, 0.3) is 0 Å². The minimum absolute atomic E-state index is 0.162. The summed E-state index contributed by atoms with van der Waals surface area (Å²) in [5, 5.41) is 2.98. The molecule has 0 aliphatic carbocycles. The van der Waals surface area contributed by atoms with Crippen LogP contribution < -0.4 is 5.32 Å². The molecule has 2 saturated heterocycles. The van der Waals surface area contributed by atoms with E-state index in [1.54, 1.807) is 0 Å². The number of hydrogen-bond donors (Lipinski definition) is 1. The van der Waals surface area contributed by atoms with Crippen molar-refractivity contribution >= 4 is 5.91 Å². The molecule has 0 aromatic rings. The molecular formula is C17H34N4O. The number of nitrogens with zero attached hydrogens (tertiary/aromatic N) is 3. The van der Waals surface area contributed by atoms with Crippen LogP contribution in [0.3, 0.4) is 0 Å². The molecule has 0 radical (unpaired) electrons. The maximum atomic E-state index is 11.8. The van der Waals surface area contributed by atoms with E-state index in [4.69, 9.17) is 0 Å². The monoisotopic (exact) mass is 310 g/mol. The van der Waals surface area contributed by atoms with E-state index in [1.807, 2.05) is 13.8 Å². The first-order valence-corrected chi connectivity index (χ1v) is 9.03. The highest BCUT2D eigenvalue weighted by Crippen LogP contribution is 2.18. The van der Waals surface area contributed by atoms with Gasteiger partial charge in [0.1, 0.15) is 0 Å². The Balaban J connectivity index is 1.62. The van der Waals surface area contributed by atoms with Gasteiger partial charge in [-0.15, -0.1) is 0 Å². The van der Waals surface area contributed by atoms with Gasteiger partial charge in [-0.25, -0.2) is 0 Å². The van der Waals surface area contributed by atoms with Crippen LogP contribution in [0.5, 0.6) is 0 Å². The second-order valence-electron chi connectivity index (χ2n) is 7.18. The van der Waals surface area contributed by atoms with Crippen molar-refractivity contribution in [1.29, 1.82) is 0 Å². The van der Waals surface area contributed by atoms with Gasteiger partial charge in [0.05, 0.1) is 6.54 Å². The lowest BCUT2D eigenvalue weighted by Gasteiger charge is -2.38. The molecule has 2 aliphatic rings. The quantitative estimate of drug-likeness (QED) is 0.790. The standard InChI is InChI=1S/C17H34N4O/c1-4-19-7-5-16(6-8-19)13-20-9-11-21(12-10-20)14-17(22)18-15(2)3/h15-16H,4-14H2,1-3H3,(H,18,22). The van der Waals surface area contributed by atoms with Crippen molar-refractivity contribution in [3.63, 3.8) is 0 Å². The zero-order chi connectivity index (χ0) is 15.9. The van der Waals surface area contributed by atoms with Crippen LogP contribution in [0.2, 0.25) is 0 Å². The summed E-state index contributed by atoms with van der Waals surface area (Å²) in [6.07, 6.45) is 2.70. The molecule has 2 aliphatic heterocycles. The predicted molar refractivity (Wildman–Crippen MR) is 91.0 cm³/mol. The summed E-state index contributed by atoms with van der Waals surface area (Å²) in [6, 6.07) is 0.239. The van der Waals surface area contributed by atoms with Crippen LogP contribution in [0.4, 0.5) is 0 Å². The van der Waals surface area contributed by atoms with Crippen LogP contribution in [0.1, 0.15) is 33.6 Å². The minimum Gasteiger partial charge on any atom is -0.353 e. The van der Waals surface area contributed by atoms with Crippen molar-refractivity contribution in [2.75, 3.05) is 58.9 Å². The van der Waals surface area contributed by atoms with Gasteiger partial charge >= 0.3 is 0 Å². The van der Waals surface area contributed by atoms with E-state index in [0.29, 0.717) is 6.54 Å². The molecule has 2 rings (SSSR count). The zero-order valence-corrected chi connectivity index (χ0v) is 14.7. The van der Waals surface area contributed by atoms with Crippen LogP contribution >= 0.6 is 0 Å². The fourth-order valence-electron chi connectivity index (χ4n) is 3.55. The Hall–Kier alpha value is -0.650. The third-order valence-corrected chi connectivity index (χ3v) is 4.95. The summed E-state index contributed by atoms with van der Waals surface area (Å²) in [5.41, 5.74) is 0. The van der Waals surface area contributed by atoms with E-state index in [1.165, 1.54) is 39.0 Å². The average molecular weight is 310 g/mol. The predicted octanol–water partition coefficient (Wildman–Crippen LogP) is 0.861. The summed E-state index contributed by atoms with van der Waals surface area (Å²) >= 11 is 0. The van der Waals surface area contributed by atoms with Gasteiger partial charge < -0.3 is 15.1 Å². The van der Waals surface area contributed by atoms with Gasteiger partial charge in [0.2, 0.25) is 5.91 Å². The number of amides is 1. The van der Waals surface area contributed by atoms with Gasteiger partial charge in [-0.1, -0.05) is 6.92 Å². The topological polar surface area (TPSA) is 38.8 Å². The summed E-state index contributed by atoms with van der Waals surface area (Å²) in [5.74, 6) is 1.04. The molecule has 5 nitrogen and oxygen atoms in total. The Labute approximate surface area is 136 Å². The smallest absolute Gasteiger partial charge is 0.234 e. The first-order chi connectivity index (χ1) is 10.6. The van der Waals surface area contributed by atoms with Gasteiger partial charge in [-0.3, -0.25) is 9.69 Å². The van der Waals surface area contributed by atoms with E-state index in [0.717, 1.165) is 32.1 Å². The molecule has 0 bridgehead atoms. The van der Waals surface area contributed by atoms with Crippen LogP contribution in [0, 0.1) is 5.92 Å². The third-order valence-electron chi connectivity index (χ3n) is 4.95. The van der Waals surface area contributed by atoms with Gasteiger partial charge in [0, 0.05) is 38.8 Å². The minimum atomic E-state index is 0.162. The van der Waals surface area contributed by atoms with E-state index in [9.17, 15) is 4.79 Å². The van der Waals surface area contributed by atoms with Crippen molar-refractivity contribution in [3.8, 4) is 0 Å². The van der Waals surface area contributed by atoms with Crippen LogP contribution in [0.25, 0.3) is 0 Å². The average Bonchev–Trinajstić information content (AvgIpc) is 2.49. The van der Waals surface area contributed by atoms with E-state index in [2.05, 4.69) is 26.9 Å². The summed E-state index contributed by atoms with van der Waals surface area (Å²) < 4.78 is 0. The zero-order valence-electron chi connectivity index (χ0n) is 14.7. The first-order valence-electron chi connectivity index (χ1n) is 9.03. The molecule has 0 unspecified atom stereocenters. The lowest BCUT2D eigenvalue weighted by molar-refractivity contribution is -0.123. The molecule has 1 N–H and O–H groups in total. The SMILES string of the molecule is CCN1CCC(CN2CCN(CC(=O)NC(C)C)CC2)CC1. The molecular weight excluding hydrogens is 276 g/mol. The summed E-state index contributed by atoms with van der Waals surface area (Å²) in [6.45, 7) is 16.1. The van der Waals surface area contributed by atoms with E-state index < -0.39 is 0 Å². The second-order valence-corrected chi connectivity index (χ2v) is 7.18. The number of likely N-dealkylation sites (tertiary alicyclic amines) is 1. The third kappa shape index (κ3) is 5.86. The number of piperidine rings is 1. The Morgan fingerprint density at radius 3 is 2.14 bits per heavy atom. The number of carbonyl (C=O) groups excluding carboxylic acids is 1. The maximum absolute atomic E-state index is 11.8. The lowest BCUT2D eigenvalue weighted by Crippen LogP contribution is -2.51. The maximum Gasteiger partial charge on any atom is 0.234 e. The van der Waals surface area contributed by atoms with Crippen molar-refractivity contribution in [3.05, 3.63) is 0 Å². The van der Waals surface area contributed by atoms with Gasteiger partial charge in [0.15, 0.2) is 0 Å². The molecule has 0 spiro atoms. The lowest BCUT2D eigenvalue weighted by atomic mass is 9.96. The molecule has 128 valence electrons. The van der Waals surface area contributed by atoms with Crippen LogP contribution in [-0.2, 0) is 4.79 Å². The molecule has 2 fully saturated rings. The molecule has 0 atom stereocenters. The normalized spacial score (nSPS) is 23.1. The van der Waals surface area contributed by atoms with Crippen LogP contribution in [0.15, 0.2) is 0 Å². The van der Waals surface area contributed by atoms with Gasteiger partial charge in [-0.05, 0) is 52.2 Å². The molecule has 0 aromatic heterocycles. The number of rotatable bonds is 6. The molecule has 0 aromatic carbocycles. The highest BCUT2D eigenvalue weighted by Gasteiger charge is 2.24. The molecule has 2 heterocycles. The highest BCUT2D eigenvalue weighted by atomic mass is 16.2. The number of piperazine rings is 1. The Bertz CT molecular complexity index is 332. The van der Waals surface area contributed by atoms with Crippen molar-refractivity contribution in [1.82, 2.24) is 20.0 Å².